The number of aryl methyl sites for hydroxylation is 1. The SMILES string of the molecule is Cc1[nH]c(-c2ccccc2)cc1COc1ccc(CO/N=C(\CCC(=O)O)c2ccccc2)cc1. The summed E-state index contributed by atoms with van der Waals surface area (Å²) in [5.74, 6) is -0.0964. The number of carboxylic acids is 1. The first kappa shape index (κ1) is 23.8. The van der Waals surface area contributed by atoms with Gasteiger partial charge in [0, 0.05) is 23.4 Å². The van der Waals surface area contributed by atoms with Crippen LogP contribution in [0.2, 0.25) is 0 Å². The van der Waals surface area contributed by atoms with E-state index in [2.05, 4.69) is 28.3 Å². The number of aromatic amines is 1. The van der Waals surface area contributed by atoms with Crippen molar-refractivity contribution in [2.75, 3.05) is 0 Å². The van der Waals surface area contributed by atoms with E-state index >= 15 is 0 Å². The average molecular weight is 469 g/mol. The molecule has 0 aliphatic rings. The highest BCUT2D eigenvalue weighted by atomic mass is 16.6. The van der Waals surface area contributed by atoms with Gasteiger partial charge in [-0.3, -0.25) is 4.79 Å². The molecular weight excluding hydrogens is 440 g/mol. The molecule has 1 aromatic heterocycles. The van der Waals surface area contributed by atoms with Gasteiger partial charge in [-0.2, -0.15) is 0 Å². The third-order valence-corrected chi connectivity index (χ3v) is 5.61. The molecule has 0 spiro atoms. The fourth-order valence-corrected chi connectivity index (χ4v) is 3.65. The molecule has 0 atom stereocenters. The molecule has 0 aliphatic heterocycles. The molecule has 178 valence electrons. The van der Waals surface area contributed by atoms with Crippen LogP contribution < -0.4 is 4.74 Å². The Kier molecular flexibility index (Phi) is 7.96. The first-order chi connectivity index (χ1) is 17.1. The highest BCUT2D eigenvalue weighted by Crippen LogP contribution is 2.23. The quantitative estimate of drug-likeness (QED) is 0.198. The van der Waals surface area contributed by atoms with Crippen LogP contribution in [0.15, 0.2) is 96.2 Å². The van der Waals surface area contributed by atoms with E-state index in [-0.39, 0.29) is 13.0 Å². The lowest BCUT2D eigenvalue weighted by molar-refractivity contribution is -0.136. The third kappa shape index (κ3) is 6.84. The van der Waals surface area contributed by atoms with Crippen molar-refractivity contribution in [1.29, 1.82) is 0 Å². The van der Waals surface area contributed by atoms with Crippen molar-refractivity contribution < 1.29 is 19.5 Å². The van der Waals surface area contributed by atoms with Gasteiger partial charge < -0.3 is 19.7 Å². The standard InChI is InChI=1S/C29H28N2O4/c1-21-25(18-28(30-21)24-10-6-3-7-11-24)20-34-26-14-12-22(13-15-26)19-35-31-27(16-17-29(32)33)23-8-4-2-5-9-23/h2-15,18,30H,16-17,19-20H2,1H3,(H,32,33)/b31-27+. The minimum absolute atomic E-state index is 0.00339. The first-order valence-corrected chi connectivity index (χ1v) is 11.5. The number of oxime groups is 1. The van der Waals surface area contributed by atoms with Crippen LogP contribution >= 0.6 is 0 Å². The van der Waals surface area contributed by atoms with E-state index in [1.54, 1.807) is 0 Å². The highest BCUT2D eigenvalue weighted by molar-refractivity contribution is 6.01. The van der Waals surface area contributed by atoms with Crippen molar-refractivity contribution in [3.05, 3.63) is 113 Å². The maximum Gasteiger partial charge on any atom is 0.303 e. The van der Waals surface area contributed by atoms with E-state index in [9.17, 15) is 4.79 Å². The van der Waals surface area contributed by atoms with Crippen LogP contribution in [0.3, 0.4) is 0 Å². The molecule has 0 fully saturated rings. The van der Waals surface area contributed by atoms with Crippen molar-refractivity contribution in [3.8, 4) is 17.0 Å². The molecule has 6 nitrogen and oxygen atoms in total. The topological polar surface area (TPSA) is 83.9 Å². The number of nitrogens with one attached hydrogen (secondary N) is 1. The number of ether oxygens (including phenoxy) is 1. The molecule has 0 amide bonds. The highest BCUT2D eigenvalue weighted by Gasteiger charge is 2.09. The fourth-order valence-electron chi connectivity index (χ4n) is 3.65. The number of hydrogen-bond acceptors (Lipinski definition) is 4. The predicted molar refractivity (Wildman–Crippen MR) is 136 cm³/mol. The fraction of sp³-hybridized carbons (Fsp3) is 0.172. The Labute approximate surface area is 204 Å². The van der Waals surface area contributed by atoms with Crippen molar-refractivity contribution in [3.63, 3.8) is 0 Å². The molecule has 0 unspecified atom stereocenters. The van der Waals surface area contributed by atoms with E-state index in [1.807, 2.05) is 79.7 Å². The Morgan fingerprint density at radius 3 is 2.26 bits per heavy atom. The molecule has 35 heavy (non-hydrogen) atoms. The Balaban J connectivity index is 1.32. The summed E-state index contributed by atoms with van der Waals surface area (Å²) >= 11 is 0. The van der Waals surface area contributed by atoms with Gasteiger partial charge >= 0.3 is 5.97 Å². The molecule has 0 saturated heterocycles. The summed E-state index contributed by atoms with van der Waals surface area (Å²) in [6, 6.07) is 29.5. The zero-order valence-electron chi connectivity index (χ0n) is 19.6. The Morgan fingerprint density at radius 1 is 0.886 bits per heavy atom. The summed E-state index contributed by atoms with van der Waals surface area (Å²) in [6.45, 7) is 2.80. The number of aliphatic carboxylic acids is 1. The van der Waals surface area contributed by atoms with Crippen LogP contribution in [0, 0.1) is 6.92 Å². The summed E-state index contributed by atoms with van der Waals surface area (Å²) < 4.78 is 5.99. The molecule has 1 heterocycles. The van der Waals surface area contributed by atoms with Gasteiger partial charge in [-0.05, 0) is 41.8 Å². The number of aromatic nitrogens is 1. The summed E-state index contributed by atoms with van der Waals surface area (Å²) in [5.41, 5.74) is 6.83. The first-order valence-electron chi connectivity index (χ1n) is 11.5. The number of carboxylic acid groups (broad SMARTS) is 1. The van der Waals surface area contributed by atoms with Gasteiger partial charge in [0.2, 0.25) is 0 Å². The second-order valence-electron chi connectivity index (χ2n) is 8.20. The molecule has 0 radical (unpaired) electrons. The zero-order chi connectivity index (χ0) is 24.5. The van der Waals surface area contributed by atoms with Gasteiger partial charge in [-0.1, -0.05) is 78.0 Å². The normalized spacial score (nSPS) is 11.3. The van der Waals surface area contributed by atoms with Crippen LogP contribution in [0.5, 0.6) is 5.75 Å². The molecular formula is C29H28N2O4. The van der Waals surface area contributed by atoms with Gasteiger partial charge in [0.25, 0.3) is 0 Å². The zero-order valence-corrected chi connectivity index (χ0v) is 19.6. The molecule has 6 heteroatoms. The largest absolute Gasteiger partial charge is 0.489 e. The summed E-state index contributed by atoms with van der Waals surface area (Å²) in [5, 5.41) is 13.2. The lowest BCUT2D eigenvalue weighted by Crippen LogP contribution is -2.06. The minimum Gasteiger partial charge on any atom is -0.489 e. The van der Waals surface area contributed by atoms with E-state index in [4.69, 9.17) is 14.7 Å². The summed E-state index contributed by atoms with van der Waals surface area (Å²) in [4.78, 5) is 20.0. The number of H-pyrrole nitrogens is 1. The Bertz CT molecular complexity index is 1260. The molecule has 2 N–H and O–H groups in total. The summed E-state index contributed by atoms with van der Waals surface area (Å²) in [7, 11) is 0. The van der Waals surface area contributed by atoms with Crippen LogP contribution in [-0.4, -0.2) is 21.8 Å². The number of hydrogen-bond donors (Lipinski definition) is 2. The molecule has 3 aromatic carbocycles. The van der Waals surface area contributed by atoms with Crippen LogP contribution in [0.4, 0.5) is 0 Å². The molecule has 0 aliphatic carbocycles. The predicted octanol–water partition coefficient (Wildman–Crippen LogP) is 6.35. The van der Waals surface area contributed by atoms with Crippen LogP contribution in [0.25, 0.3) is 11.3 Å². The van der Waals surface area contributed by atoms with Crippen molar-refractivity contribution in [2.45, 2.75) is 33.0 Å². The lowest BCUT2D eigenvalue weighted by Gasteiger charge is -2.08. The molecule has 0 saturated carbocycles. The van der Waals surface area contributed by atoms with Crippen molar-refractivity contribution >= 4 is 11.7 Å². The number of nitrogens with zero attached hydrogens (tertiary/aromatic N) is 1. The second-order valence-corrected chi connectivity index (χ2v) is 8.20. The Morgan fingerprint density at radius 2 is 1.57 bits per heavy atom. The van der Waals surface area contributed by atoms with Crippen LogP contribution in [-0.2, 0) is 22.8 Å². The number of benzene rings is 3. The van der Waals surface area contributed by atoms with Gasteiger partial charge in [-0.25, -0.2) is 0 Å². The van der Waals surface area contributed by atoms with E-state index in [1.165, 1.54) is 0 Å². The average Bonchev–Trinajstić information content (AvgIpc) is 3.27. The van der Waals surface area contributed by atoms with Gasteiger partial charge in [0.15, 0.2) is 0 Å². The van der Waals surface area contributed by atoms with Crippen LogP contribution in [0.1, 0.15) is 35.2 Å². The monoisotopic (exact) mass is 468 g/mol. The minimum atomic E-state index is -0.865. The van der Waals surface area contributed by atoms with E-state index in [0.717, 1.165) is 39.4 Å². The molecule has 4 rings (SSSR count). The summed E-state index contributed by atoms with van der Waals surface area (Å²) in [6.07, 6.45) is 0.299. The number of carbonyl (C=O) groups is 1. The van der Waals surface area contributed by atoms with Crippen molar-refractivity contribution in [2.24, 2.45) is 5.16 Å². The van der Waals surface area contributed by atoms with Gasteiger partial charge in [-0.15, -0.1) is 0 Å². The third-order valence-electron chi connectivity index (χ3n) is 5.61. The smallest absolute Gasteiger partial charge is 0.303 e. The van der Waals surface area contributed by atoms with Gasteiger partial charge in [0.05, 0.1) is 12.1 Å². The maximum atomic E-state index is 11.0. The molecule has 0 bridgehead atoms. The lowest BCUT2D eigenvalue weighted by atomic mass is 10.1. The second kappa shape index (κ2) is 11.7. The van der Waals surface area contributed by atoms with E-state index in [0.29, 0.717) is 18.7 Å². The van der Waals surface area contributed by atoms with E-state index < -0.39 is 5.97 Å². The van der Waals surface area contributed by atoms with Gasteiger partial charge in [0.1, 0.15) is 19.0 Å². The maximum absolute atomic E-state index is 11.0. The Hall–Kier alpha value is -4.32. The van der Waals surface area contributed by atoms with Crippen molar-refractivity contribution in [1.82, 2.24) is 4.98 Å². The number of rotatable bonds is 11. The molecule has 4 aromatic rings.